The predicted molar refractivity (Wildman–Crippen MR) is 105 cm³/mol. The number of nitro benzene ring substituents is 1. The summed E-state index contributed by atoms with van der Waals surface area (Å²) in [6.07, 6.45) is 4.58. The molecule has 27 heavy (non-hydrogen) atoms. The zero-order valence-corrected chi connectivity index (χ0v) is 15.5. The van der Waals surface area contributed by atoms with Crippen molar-refractivity contribution in [3.8, 4) is 0 Å². The van der Waals surface area contributed by atoms with E-state index in [2.05, 4.69) is 24.0 Å². The zero-order valence-electron chi connectivity index (χ0n) is 15.5. The van der Waals surface area contributed by atoms with Crippen LogP contribution in [-0.2, 0) is 4.79 Å². The van der Waals surface area contributed by atoms with Crippen LogP contribution in [0.3, 0.4) is 0 Å². The van der Waals surface area contributed by atoms with Gasteiger partial charge in [-0.1, -0.05) is 43.2 Å². The lowest BCUT2D eigenvalue weighted by molar-refractivity contribution is -0.384. The van der Waals surface area contributed by atoms with Crippen molar-refractivity contribution in [2.45, 2.75) is 50.6 Å². The molecular weight excluding hydrogens is 340 g/mol. The number of benzene rings is 2. The first-order valence-corrected chi connectivity index (χ1v) is 9.62. The number of nitrogens with zero attached hydrogens (tertiary/aromatic N) is 2. The Morgan fingerprint density at radius 2 is 1.78 bits per heavy atom. The molecule has 140 valence electrons. The summed E-state index contributed by atoms with van der Waals surface area (Å²) in [6.45, 7) is 2.20. The summed E-state index contributed by atoms with van der Waals surface area (Å²) in [6, 6.07) is 16.9. The van der Waals surface area contributed by atoms with E-state index in [1.165, 1.54) is 0 Å². The van der Waals surface area contributed by atoms with E-state index in [-0.39, 0.29) is 28.1 Å². The number of hydrogen-bond acceptors (Lipinski definition) is 4. The van der Waals surface area contributed by atoms with Crippen molar-refractivity contribution in [1.82, 2.24) is 0 Å². The Kier molecular flexibility index (Phi) is 4.46. The fourth-order valence-electron chi connectivity index (χ4n) is 5.04. The molecule has 0 amide bonds. The minimum absolute atomic E-state index is 0.0291. The van der Waals surface area contributed by atoms with Gasteiger partial charge in [0, 0.05) is 35.7 Å². The van der Waals surface area contributed by atoms with Gasteiger partial charge in [0.05, 0.1) is 11.0 Å². The van der Waals surface area contributed by atoms with Gasteiger partial charge in [-0.15, -0.1) is 0 Å². The van der Waals surface area contributed by atoms with Crippen LogP contribution in [-0.4, -0.2) is 16.2 Å². The van der Waals surface area contributed by atoms with E-state index >= 15 is 0 Å². The molecule has 1 aliphatic carbocycles. The standard InChI is InChI=1S/C22H24N2O3/c1-22-14-6-5-9-19(22)21(25)15-20(16-7-3-2-4-8-16)23(22)17-10-12-18(13-11-17)24(26)27/h2-4,7-8,10-13,19-20H,5-6,9,14-15H2,1H3/t19-,20-,22-/m1/s1. The lowest BCUT2D eigenvalue weighted by atomic mass is 9.65. The number of hydrogen-bond donors (Lipinski definition) is 0. The normalized spacial score (nSPS) is 27.9. The number of fused-ring (bicyclic) bond motifs is 1. The fourth-order valence-corrected chi connectivity index (χ4v) is 5.04. The monoisotopic (exact) mass is 364 g/mol. The molecule has 1 heterocycles. The number of anilines is 1. The smallest absolute Gasteiger partial charge is 0.269 e. The van der Waals surface area contributed by atoms with Gasteiger partial charge in [-0.25, -0.2) is 0 Å². The summed E-state index contributed by atoms with van der Waals surface area (Å²) >= 11 is 0. The molecule has 0 bridgehead atoms. The van der Waals surface area contributed by atoms with Crippen LogP contribution in [0.4, 0.5) is 11.4 Å². The number of nitro groups is 1. The molecule has 1 aliphatic heterocycles. The van der Waals surface area contributed by atoms with Crippen molar-refractivity contribution in [1.29, 1.82) is 0 Å². The van der Waals surface area contributed by atoms with Crippen LogP contribution < -0.4 is 4.90 Å². The predicted octanol–water partition coefficient (Wildman–Crippen LogP) is 5.06. The van der Waals surface area contributed by atoms with Crippen LogP contribution in [0.2, 0.25) is 0 Å². The highest BCUT2D eigenvalue weighted by Gasteiger charge is 2.51. The lowest BCUT2D eigenvalue weighted by Gasteiger charge is -2.56. The van der Waals surface area contributed by atoms with Crippen molar-refractivity contribution in [3.63, 3.8) is 0 Å². The molecule has 2 aliphatic rings. The summed E-state index contributed by atoms with van der Waals surface area (Å²) in [4.78, 5) is 26.1. The van der Waals surface area contributed by atoms with Gasteiger partial charge < -0.3 is 4.90 Å². The van der Waals surface area contributed by atoms with Gasteiger partial charge in [0.1, 0.15) is 5.78 Å². The Morgan fingerprint density at radius 3 is 2.44 bits per heavy atom. The topological polar surface area (TPSA) is 63.5 Å². The molecule has 1 saturated heterocycles. The molecule has 2 aromatic rings. The third-order valence-electron chi connectivity index (χ3n) is 6.34. The van der Waals surface area contributed by atoms with Crippen molar-refractivity contribution < 1.29 is 9.72 Å². The molecule has 1 saturated carbocycles. The zero-order chi connectivity index (χ0) is 19.0. The second-order valence-corrected chi connectivity index (χ2v) is 7.90. The maximum atomic E-state index is 13.0. The Balaban J connectivity index is 1.82. The molecule has 4 rings (SSSR count). The van der Waals surface area contributed by atoms with Crippen LogP contribution in [0, 0.1) is 16.0 Å². The Morgan fingerprint density at radius 1 is 1.07 bits per heavy atom. The van der Waals surface area contributed by atoms with E-state index in [4.69, 9.17) is 0 Å². The number of Topliss-reactive ketones (excluding diaryl/α,β-unsaturated/α-hetero) is 1. The average Bonchev–Trinajstić information content (AvgIpc) is 2.68. The molecular formula is C22H24N2O3. The second-order valence-electron chi connectivity index (χ2n) is 7.90. The molecule has 0 N–H and O–H groups in total. The highest BCUT2D eigenvalue weighted by atomic mass is 16.6. The number of piperidine rings is 1. The SMILES string of the molecule is C[C@@]12CCCC[C@@H]1C(=O)C[C@H](c1ccccc1)N2c1ccc([N+](=O)[O-])cc1. The molecule has 5 heteroatoms. The van der Waals surface area contributed by atoms with Gasteiger partial charge in [0.15, 0.2) is 0 Å². The molecule has 0 spiro atoms. The first-order valence-electron chi connectivity index (χ1n) is 9.62. The van der Waals surface area contributed by atoms with E-state index in [0.717, 1.165) is 36.9 Å². The molecule has 3 atom stereocenters. The summed E-state index contributed by atoms with van der Waals surface area (Å²) < 4.78 is 0. The van der Waals surface area contributed by atoms with Gasteiger partial charge in [0.25, 0.3) is 5.69 Å². The second kappa shape index (κ2) is 6.80. The van der Waals surface area contributed by atoms with E-state index in [0.29, 0.717) is 12.2 Å². The van der Waals surface area contributed by atoms with Crippen molar-refractivity contribution >= 4 is 17.2 Å². The van der Waals surface area contributed by atoms with Gasteiger partial charge >= 0.3 is 0 Å². The van der Waals surface area contributed by atoms with Gasteiger partial charge in [-0.2, -0.15) is 0 Å². The first-order chi connectivity index (χ1) is 13.0. The molecule has 2 fully saturated rings. The maximum absolute atomic E-state index is 13.0. The maximum Gasteiger partial charge on any atom is 0.269 e. The fraction of sp³-hybridized carbons (Fsp3) is 0.409. The van der Waals surface area contributed by atoms with Gasteiger partial charge in [0.2, 0.25) is 0 Å². The third kappa shape index (κ3) is 3.01. The van der Waals surface area contributed by atoms with Crippen molar-refractivity contribution in [2.24, 2.45) is 5.92 Å². The molecule has 0 aromatic heterocycles. The number of non-ortho nitro benzene ring substituents is 1. The van der Waals surface area contributed by atoms with Gasteiger partial charge in [-0.3, -0.25) is 14.9 Å². The van der Waals surface area contributed by atoms with Crippen LogP contribution in [0.5, 0.6) is 0 Å². The highest BCUT2D eigenvalue weighted by Crippen LogP contribution is 2.50. The van der Waals surface area contributed by atoms with Crippen LogP contribution >= 0.6 is 0 Å². The minimum Gasteiger partial charge on any atom is -0.358 e. The third-order valence-corrected chi connectivity index (χ3v) is 6.34. The van der Waals surface area contributed by atoms with Crippen LogP contribution in [0.1, 0.15) is 50.6 Å². The number of rotatable bonds is 3. The largest absolute Gasteiger partial charge is 0.358 e. The summed E-state index contributed by atoms with van der Waals surface area (Å²) in [5.74, 6) is 0.380. The van der Waals surface area contributed by atoms with E-state index in [1.807, 2.05) is 30.3 Å². The molecule has 2 aromatic carbocycles. The molecule has 0 unspecified atom stereocenters. The Hall–Kier alpha value is -2.69. The van der Waals surface area contributed by atoms with E-state index in [1.54, 1.807) is 12.1 Å². The van der Waals surface area contributed by atoms with Crippen LogP contribution in [0.25, 0.3) is 0 Å². The van der Waals surface area contributed by atoms with Crippen molar-refractivity contribution in [3.05, 3.63) is 70.3 Å². The van der Waals surface area contributed by atoms with Crippen molar-refractivity contribution in [2.75, 3.05) is 4.90 Å². The number of carbonyl (C=O) groups is 1. The number of ketones is 1. The Bertz CT molecular complexity index is 850. The lowest BCUT2D eigenvalue weighted by Crippen LogP contribution is -2.61. The minimum atomic E-state index is -0.372. The first kappa shape index (κ1) is 17.7. The molecule has 5 nitrogen and oxygen atoms in total. The Labute approximate surface area is 159 Å². The van der Waals surface area contributed by atoms with E-state index in [9.17, 15) is 14.9 Å². The molecule has 0 radical (unpaired) electrons. The summed E-state index contributed by atoms with van der Waals surface area (Å²) in [5, 5.41) is 11.1. The van der Waals surface area contributed by atoms with E-state index < -0.39 is 0 Å². The van der Waals surface area contributed by atoms with Crippen LogP contribution in [0.15, 0.2) is 54.6 Å². The quantitative estimate of drug-likeness (QED) is 0.564. The van der Waals surface area contributed by atoms with Gasteiger partial charge in [-0.05, 0) is 37.5 Å². The number of carbonyl (C=O) groups excluding carboxylic acids is 1. The average molecular weight is 364 g/mol. The summed E-state index contributed by atoms with van der Waals surface area (Å²) in [7, 11) is 0. The highest BCUT2D eigenvalue weighted by molar-refractivity contribution is 5.86. The summed E-state index contributed by atoms with van der Waals surface area (Å²) in [5.41, 5.74) is 1.91.